The van der Waals surface area contributed by atoms with Crippen LogP contribution in [0.5, 0.6) is 0 Å². The van der Waals surface area contributed by atoms with Crippen molar-refractivity contribution in [3.63, 3.8) is 0 Å². The van der Waals surface area contributed by atoms with Crippen molar-refractivity contribution in [2.24, 2.45) is 0 Å². The molecular formula is C11H15FN2S. The molecular weight excluding hydrogens is 211 g/mol. The van der Waals surface area contributed by atoms with Gasteiger partial charge in [0.15, 0.2) is 5.11 Å². The van der Waals surface area contributed by atoms with Crippen molar-refractivity contribution in [1.29, 1.82) is 0 Å². The van der Waals surface area contributed by atoms with Crippen molar-refractivity contribution in [3.05, 3.63) is 35.4 Å². The Morgan fingerprint density at radius 1 is 1.27 bits per heavy atom. The third-order valence-corrected chi connectivity index (χ3v) is 2.24. The fraction of sp³-hybridized carbons (Fsp3) is 0.364. The lowest BCUT2D eigenvalue weighted by Crippen LogP contribution is -2.35. The van der Waals surface area contributed by atoms with E-state index in [1.54, 1.807) is 0 Å². The van der Waals surface area contributed by atoms with Crippen LogP contribution in [0.3, 0.4) is 0 Å². The summed E-state index contributed by atoms with van der Waals surface area (Å²) in [5, 5.41) is 6.26. The minimum atomic E-state index is -0.410. The standard InChI is InChI=1S/C11H15FN2S/c1-9-2-4-10(5-3-9)8-14-11(15)13-7-6-12/h2-5H,6-8H2,1H3,(H2,13,14,15). The highest BCUT2D eigenvalue weighted by molar-refractivity contribution is 7.80. The summed E-state index contributed by atoms with van der Waals surface area (Å²) in [6, 6.07) is 8.18. The van der Waals surface area contributed by atoms with E-state index in [-0.39, 0.29) is 6.54 Å². The average molecular weight is 226 g/mol. The van der Waals surface area contributed by atoms with Crippen LogP contribution in [0.25, 0.3) is 0 Å². The van der Waals surface area contributed by atoms with E-state index in [2.05, 4.69) is 22.8 Å². The zero-order valence-electron chi connectivity index (χ0n) is 8.72. The third kappa shape index (κ3) is 4.74. The zero-order valence-corrected chi connectivity index (χ0v) is 9.53. The molecule has 1 rings (SSSR count). The van der Waals surface area contributed by atoms with E-state index in [1.165, 1.54) is 5.56 Å². The Hall–Kier alpha value is -1.16. The van der Waals surface area contributed by atoms with Gasteiger partial charge in [-0.05, 0) is 24.7 Å². The van der Waals surface area contributed by atoms with Gasteiger partial charge < -0.3 is 10.6 Å². The van der Waals surface area contributed by atoms with Gasteiger partial charge in [0.25, 0.3) is 0 Å². The van der Waals surface area contributed by atoms with Gasteiger partial charge in [-0.15, -0.1) is 0 Å². The first-order valence-corrected chi connectivity index (χ1v) is 5.26. The number of nitrogens with one attached hydrogen (secondary N) is 2. The third-order valence-electron chi connectivity index (χ3n) is 1.95. The molecule has 0 aliphatic carbocycles. The molecule has 15 heavy (non-hydrogen) atoms. The summed E-state index contributed by atoms with van der Waals surface area (Å²) in [4.78, 5) is 0. The summed E-state index contributed by atoms with van der Waals surface area (Å²) >= 11 is 4.96. The average Bonchev–Trinajstić information content (AvgIpc) is 2.25. The lowest BCUT2D eigenvalue weighted by molar-refractivity contribution is 0.490. The van der Waals surface area contributed by atoms with Gasteiger partial charge in [-0.25, -0.2) is 4.39 Å². The molecule has 0 aliphatic heterocycles. The number of rotatable bonds is 4. The second-order valence-electron chi connectivity index (χ2n) is 3.28. The van der Waals surface area contributed by atoms with Crippen LogP contribution < -0.4 is 10.6 Å². The molecule has 0 fully saturated rings. The van der Waals surface area contributed by atoms with Gasteiger partial charge in [0, 0.05) is 13.1 Å². The molecule has 2 nitrogen and oxygen atoms in total. The van der Waals surface area contributed by atoms with E-state index in [1.807, 2.05) is 19.1 Å². The zero-order chi connectivity index (χ0) is 11.1. The van der Waals surface area contributed by atoms with E-state index in [0.717, 1.165) is 5.56 Å². The monoisotopic (exact) mass is 226 g/mol. The number of halogens is 1. The van der Waals surface area contributed by atoms with Crippen LogP contribution in [0.4, 0.5) is 4.39 Å². The number of alkyl halides is 1. The molecule has 0 unspecified atom stereocenters. The maximum Gasteiger partial charge on any atom is 0.166 e. The van der Waals surface area contributed by atoms with Crippen LogP contribution in [0.15, 0.2) is 24.3 Å². The molecule has 0 saturated heterocycles. The Balaban J connectivity index is 2.30. The second kappa shape index (κ2) is 6.35. The molecule has 1 aromatic rings. The van der Waals surface area contributed by atoms with E-state index in [9.17, 15) is 4.39 Å². The van der Waals surface area contributed by atoms with Crippen molar-refractivity contribution >= 4 is 17.3 Å². The van der Waals surface area contributed by atoms with Gasteiger partial charge in [-0.2, -0.15) is 0 Å². The van der Waals surface area contributed by atoms with E-state index in [4.69, 9.17) is 12.2 Å². The minimum Gasteiger partial charge on any atom is -0.360 e. The summed E-state index contributed by atoms with van der Waals surface area (Å²) in [5.74, 6) is 0. The molecule has 0 spiro atoms. The van der Waals surface area contributed by atoms with E-state index < -0.39 is 6.67 Å². The Labute approximate surface area is 94.9 Å². The molecule has 0 heterocycles. The van der Waals surface area contributed by atoms with Gasteiger partial charge in [0.2, 0.25) is 0 Å². The number of thiocarbonyl (C=S) groups is 1. The van der Waals surface area contributed by atoms with Gasteiger partial charge in [0.1, 0.15) is 6.67 Å². The van der Waals surface area contributed by atoms with Gasteiger partial charge >= 0.3 is 0 Å². The quantitative estimate of drug-likeness (QED) is 0.767. The SMILES string of the molecule is Cc1ccc(CNC(=S)NCCF)cc1. The highest BCUT2D eigenvalue weighted by atomic mass is 32.1. The lowest BCUT2D eigenvalue weighted by atomic mass is 10.1. The van der Waals surface area contributed by atoms with Crippen LogP contribution in [-0.4, -0.2) is 18.3 Å². The Morgan fingerprint density at radius 2 is 1.93 bits per heavy atom. The molecule has 0 bridgehead atoms. The maximum atomic E-state index is 11.8. The summed E-state index contributed by atoms with van der Waals surface area (Å²) in [7, 11) is 0. The molecule has 82 valence electrons. The molecule has 2 N–H and O–H groups in total. The fourth-order valence-electron chi connectivity index (χ4n) is 1.11. The molecule has 0 aliphatic rings. The van der Waals surface area contributed by atoms with Crippen LogP contribution in [0.1, 0.15) is 11.1 Å². The Bertz CT molecular complexity index is 311. The molecule has 0 saturated carbocycles. The normalized spacial score (nSPS) is 9.73. The van der Waals surface area contributed by atoms with Gasteiger partial charge in [-0.1, -0.05) is 29.8 Å². The first-order valence-electron chi connectivity index (χ1n) is 4.85. The van der Waals surface area contributed by atoms with Gasteiger partial charge in [-0.3, -0.25) is 0 Å². The first-order chi connectivity index (χ1) is 7.22. The number of hydrogen-bond acceptors (Lipinski definition) is 1. The van der Waals surface area contributed by atoms with Crippen molar-refractivity contribution in [3.8, 4) is 0 Å². The highest BCUT2D eigenvalue weighted by Gasteiger charge is 1.95. The number of aryl methyl sites for hydroxylation is 1. The maximum absolute atomic E-state index is 11.8. The highest BCUT2D eigenvalue weighted by Crippen LogP contribution is 2.02. The summed E-state index contributed by atoms with van der Waals surface area (Å²) in [6.45, 7) is 2.56. The lowest BCUT2D eigenvalue weighted by Gasteiger charge is -2.09. The van der Waals surface area contributed by atoms with Crippen molar-refractivity contribution in [1.82, 2.24) is 10.6 Å². The largest absolute Gasteiger partial charge is 0.360 e. The van der Waals surface area contributed by atoms with Crippen LogP contribution in [0, 0.1) is 6.92 Å². The number of benzene rings is 1. The van der Waals surface area contributed by atoms with E-state index in [0.29, 0.717) is 11.7 Å². The Kier molecular flexibility index (Phi) is 5.04. The second-order valence-corrected chi connectivity index (χ2v) is 3.69. The molecule has 0 aromatic heterocycles. The van der Waals surface area contributed by atoms with Gasteiger partial charge in [0.05, 0.1) is 0 Å². The summed E-state index contributed by atoms with van der Waals surface area (Å²) < 4.78 is 11.8. The molecule has 0 amide bonds. The van der Waals surface area contributed by atoms with Crippen molar-refractivity contribution < 1.29 is 4.39 Å². The number of hydrogen-bond donors (Lipinski definition) is 2. The smallest absolute Gasteiger partial charge is 0.166 e. The van der Waals surface area contributed by atoms with E-state index >= 15 is 0 Å². The Morgan fingerprint density at radius 3 is 2.53 bits per heavy atom. The minimum absolute atomic E-state index is 0.264. The van der Waals surface area contributed by atoms with Crippen molar-refractivity contribution in [2.75, 3.05) is 13.2 Å². The molecule has 0 atom stereocenters. The summed E-state index contributed by atoms with van der Waals surface area (Å²) in [5.41, 5.74) is 2.39. The molecule has 4 heteroatoms. The van der Waals surface area contributed by atoms with Crippen LogP contribution in [0.2, 0.25) is 0 Å². The first kappa shape index (κ1) is 11.9. The predicted molar refractivity (Wildman–Crippen MR) is 64.6 cm³/mol. The molecule has 0 radical (unpaired) electrons. The predicted octanol–water partition coefficient (Wildman–Crippen LogP) is 1.93. The van der Waals surface area contributed by atoms with Crippen molar-refractivity contribution in [2.45, 2.75) is 13.5 Å². The topological polar surface area (TPSA) is 24.1 Å². The fourth-order valence-corrected chi connectivity index (χ4v) is 1.29. The van der Waals surface area contributed by atoms with Crippen LogP contribution >= 0.6 is 12.2 Å². The van der Waals surface area contributed by atoms with Crippen LogP contribution in [-0.2, 0) is 6.54 Å². The summed E-state index contributed by atoms with van der Waals surface area (Å²) in [6.07, 6.45) is 0. The molecule has 1 aromatic carbocycles.